The van der Waals surface area contributed by atoms with Gasteiger partial charge in [-0.3, -0.25) is 15.6 Å². The number of carbonyl (C=O) groups is 1. The van der Waals surface area contributed by atoms with Crippen LogP contribution in [0.25, 0.3) is 22.2 Å². The molecule has 3 aromatic carbocycles. The van der Waals surface area contributed by atoms with E-state index >= 15 is 0 Å². The van der Waals surface area contributed by atoms with Crippen LogP contribution in [0.3, 0.4) is 0 Å². The number of fused-ring (bicyclic) bond motifs is 1. The van der Waals surface area contributed by atoms with Gasteiger partial charge in [-0.1, -0.05) is 69.5 Å². The molecule has 0 saturated heterocycles. The number of nitrogens with zero attached hydrogens (tertiary/aromatic N) is 2. The summed E-state index contributed by atoms with van der Waals surface area (Å²) in [4.78, 5) is 21.5. The summed E-state index contributed by atoms with van der Waals surface area (Å²) in [5.74, 6) is -0.114. The number of aromatic nitrogens is 2. The number of hydrogen-bond acceptors (Lipinski definition) is 4. The van der Waals surface area contributed by atoms with Crippen LogP contribution in [-0.2, 0) is 0 Å². The largest absolute Gasteiger partial charge is 0.269 e. The first-order valence-electron chi connectivity index (χ1n) is 8.55. The SMILES string of the molecule is O=C(NNc1nc(-c2ccccc2)c2cc(Br)ccc2n1)c1ccc(Cl)c(Cl)c1. The van der Waals surface area contributed by atoms with Crippen molar-refractivity contribution in [3.8, 4) is 11.3 Å². The molecular weight excluding hydrogens is 475 g/mol. The molecule has 1 heterocycles. The van der Waals surface area contributed by atoms with Crippen molar-refractivity contribution in [1.29, 1.82) is 0 Å². The first-order chi connectivity index (χ1) is 14.0. The van der Waals surface area contributed by atoms with Crippen LogP contribution in [-0.4, -0.2) is 15.9 Å². The van der Waals surface area contributed by atoms with E-state index in [1.165, 1.54) is 6.07 Å². The first kappa shape index (κ1) is 19.6. The number of hydrazine groups is 1. The van der Waals surface area contributed by atoms with E-state index in [4.69, 9.17) is 23.2 Å². The molecule has 29 heavy (non-hydrogen) atoms. The summed E-state index contributed by atoms with van der Waals surface area (Å²) < 4.78 is 0.930. The second-order valence-corrected chi connectivity index (χ2v) is 7.86. The Morgan fingerprint density at radius 3 is 2.45 bits per heavy atom. The van der Waals surface area contributed by atoms with E-state index in [0.29, 0.717) is 15.6 Å². The van der Waals surface area contributed by atoms with E-state index in [0.717, 1.165) is 26.6 Å². The molecule has 0 saturated carbocycles. The summed E-state index contributed by atoms with van der Waals surface area (Å²) >= 11 is 15.4. The highest BCUT2D eigenvalue weighted by molar-refractivity contribution is 9.10. The highest BCUT2D eigenvalue weighted by Gasteiger charge is 2.12. The van der Waals surface area contributed by atoms with Crippen LogP contribution in [0.15, 0.2) is 71.2 Å². The smallest absolute Gasteiger partial charge is 0.267 e. The molecule has 8 heteroatoms. The summed E-state index contributed by atoms with van der Waals surface area (Å²) in [6.45, 7) is 0. The maximum Gasteiger partial charge on any atom is 0.269 e. The minimum atomic E-state index is -0.385. The highest BCUT2D eigenvalue weighted by atomic mass is 79.9. The van der Waals surface area contributed by atoms with Gasteiger partial charge in [0.15, 0.2) is 0 Å². The molecule has 1 amide bonds. The molecule has 0 aliphatic rings. The number of benzene rings is 3. The zero-order valence-electron chi connectivity index (χ0n) is 14.8. The van der Waals surface area contributed by atoms with Crippen LogP contribution < -0.4 is 10.9 Å². The van der Waals surface area contributed by atoms with Gasteiger partial charge in [0.05, 0.1) is 21.3 Å². The Morgan fingerprint density at radius 1 is 0.897 bits per heavy atom. The van der Waals surface area contributed by atoms with E-state index < -0.39 is 0 Å². The third-order valence-corrected chi connectivity index (χ3v) is 5.41. The number of halogens is 3. The minimum Gasteiger partial charge on any atom is -0.267 e. The quantitative estimate of drug-likeness (QED) is 0.340. The topological polar surface area (TPSA) is 66.9 Å². The van der Waals surface area contributed by atoms with Crippen molar-refractivity contribution in [3.63, 3.8) is 0 Å². The predicted molar refractivity (Wildman–Crippen MR) is 120 cm³/mol. The van der Waals surface area contributed by atoms with E-state index in [1.807, 2.05) is 48.5 Å². The van der Waals surface area contributed by atoms with Crippen LogP contribution in [0.5, 0.6) is 0 Å². The number of carbonyl (C=O) groups excluding carboxylic acids is 1. The van der Waals surface area contributed by atoms with Crippen molar-refractivity contribution in [2.75, 3.05) is 5.43 Å². The van der Waals surface area contributed by atoms with Crippen LogP contribution in [0.1, 0.15) is 10.4 Å². The second-order valence-electron chi connectivity index (χ2n) is 6.13. The third kappa shape index (κ3) is 4.34. The van der Waals surface area contributed by atoms with Crippen molar-refractivity contribution in [2.24, 2.45) is 0 Å². The molecule has 4 rings (SSSR count). The molecular formula is C21H13BrCl2N4O. The number of rotatable bonds is 4. The molecule has 0 unspecified atom stereocenters. The number of hydrogen-bond donors (Lipinski definition) is 2. The molecule has 5 nitrogen and oxygen atoms in total. The summed E-state index contributed by atoms with van der Waals surface area (Å²) in [7, 11) is 0. The minimum absolute atomic E-state index is 0.270. The molecule has 0 spiro atoms. The van der Waals surface area contributed by atoms with Crippen LogP contribution in [0, 0.1) is 0 Å². The molecule has 0 atom stereocenters. The van der Waals surface area contributed by atoms with Gasteiger partial charge >= 0.3 is 0 Å². The van der Waals surface area contributed by atoms with Crippen LogP contribution in [0.2, 0.25) is 10.0 Å². The second kappa shape index (κ2) is 8.37. The Balaban J connectivity index is 1.66. The van der Waals surface area contributed by atoms with Crippen molar-refractivity contribution < 1.29 is 4.79 Å². The Morgan fingerprint density at radius 2 is 1.69 bits per heavy atom. The van der Waals surface area contributed by atoms with Gasteiger partial charge in [0.1, 0.15) is 0 Å². The van der Waals surface area contributed by atoms with Crippen LogP contribution in [0.4, 0.5) is 5.95 Å². The zero-order chi connectivity index (χ0) is 20.4. The average molecular weight is 488 g/mol. The van der Waals surface area contributed by atoms with Gasteiger partial charge in [0, 0.05) is 21.0 Å². The molecule has 4 aromatic rings. The predicted octanol–water partition coefficient (Wildman–Crippen LogP) is 6.12. The van der Waals surface area contributed by atoms with E-state index in [-0.39, 0.29) is 11.9 Å². The fraction of sp³-hybridized carbons (Fsp3) is 0. The molecule has 0 aliphatic heterocycles. The molecule has 0 bridgehead atoms. The normalized spacial score (nSPS) is 10.7. The maximum absolute atomic E-state index is 12.4. The molecule has 1 aromatic heterocycles. The monoisotopic (exact) mass is 486 g/mol. The zero-order valence-corrected chi connectivity index (χ0v) is 17.9. The van der Waals surface area contributed by atoms with Gasteiger partial charge in [0.25, 0.3) is 5.91 Å². The average Bonchev–Trinajstić information content (AvgIpc) is 2.74. The van der Waals surface area contributed by atoms with Gasteiger partial charge < -0.3 is 0 Å². The molecule has 2 N–H and O–H groups in total. The maximum atomic E-state index is 12.4. The fourth-order valence-corrected chi connectivity index (χ4v) is 3.45. The van der Waals surface area contributed by atoms with E-state index in [2.05, 4.69) is 36.7 Å². The first-order valence-corrected chi connectivity index (χ1v) is 10.1. The van der Waals surface area contributed by atoms with Crippen molar-refractivity contribution >= 4 is 61.9 Å². The van der Waals surface area contributed by atoms with E-state index in [9.17, 15) is 4.79 Å². The lowest BCUT2D eigenvalue weighted by atomic mass is 10.1. The van der Waals surface area contributed by atoms with Gasteiger partial charge in [0.2, 0.25) is 5.95 Å². The molecule has 144 valence electrons. The standard InChI is InChI=1S/C21H13BrCl2N4O/c22-14-7-9-18-15(11-14)19(12-4-2-1-3-5-12)26-21(25-18)28-27-20(29)13-6-8-16(23)17(24)10-13/h1-11H,(H,27,29)(H,25,26,28). The van der Waals surface area contributed by atoms with E-state index in [1.54, 1.807) is 12.1 Å². The fourth-order valence-electron chi connectivity index (χ4n) is 2.79. The third-order valence-electron chi connectivity index (χ3n) is 4.17. The Labute approximate surface area is 185 Å². The number of anilines is 1. The van der Waals surface area contributed by atoms with Crippen molar-refractivity contribution in [2.45, 2.75) is 0 Å². The lowest BCUT2D eigenvalue weighted by Crippen LogP contribution is -2.30. The summed E-state index contributed by atoms with van der Waals surface area (Å²) in [6.07, 6.45) is 0. The van der Waals surface area contributed by atoms with Gasteiger partial charge in [-0.2, -0.15) is 0 Å². The molecule has 0 fully saturated rings. The summed E-state index contributed by atoms with van der Waals surface area (Å²) in [6, 6.07) is 20.2. The highest BCUT2D eigenvalue weighted by Crippen LogP contribution is 2.29. The molecule has 0 radical (unpaired) electrons. The Bertz CT molecular complexity index is 1220. The lowest BCUT2D eigenvalue weighted by Gasteiger charge is -2.12. The summed E-state index contributed by atoms with van der Waals surface area (Å²) in [5.41, 5.74) is 8.18. The Kier molecular flexibility index (Phi) is 5.67. The van der Waals surface area contributed by atoms with Gasteiger partial charge in [-0.15, -0.1) is 0 Å². The van der Waals surface area contributed by atoms with Crippen molar-refractivity contribution in [3.05, 3.63) is 86.8 Å². The number of amides is 1. The number of nitrogens with one attached hydrogen (secondary N) is 2. The molecule has 0 aliphatic carbocycles. The van der Waals surface area contributed by atoms with Crippen molar-refractivity contribution in [1.82, 2.24) is 15.4 Å². The van der Waals surface area contributed by atoms with Crippen LogP contribution >= 0.6 is 39.1 Å². The van der Waals surface area contributed by atoms with Gasteiger partial charge in [-0.05, 0) is 36.4 Å². The van der Waals surface area contributed by atoms with Gasteiger partial charge in [-0.25, -0.2) is 9.97 Å². The Hall–Kier alpha value is -2.67. The lowest BCUT2D eigenvalue weighted by molar-refractivity contribution is 0.0962. The summed E-state index contributed by atoms with van der Waals surface area (Å²) in [5, 5.41) is 1.58.